The van der Waals surface area contributed by atoms with Crippen molar-refractivity contribution in [1.29, 1.82) is 0 Å². The Hall–Kier alpha value is -1.59. The fourth-order valence-corrected chi connectivity index (χ4v) is 6.06. The van der Waals surface area contributed by atoms with E-state index < -0.39 is 0 Å². The van der Waals surface area contributed by atoms with Crippen LogP contribution < -0.4 is 16.0 Å². The first-order chi connectivity index (χ1) is 12.6. The van der Waals surface area contributed by atoms with Gasteiger partial charge in [-0.25, -0.2) is 0 Å². The van der Waals surface area contributed by atoms with Gasteiger partial charge < -0.3 is 16.0 Å². The SMILES string of the molecule is CC(C)Nc1nc(NC2CCC2)nc(NC23CC4CC(CC(C4)C2)C3)n1. The Kier molecular flexibility index (Phi) is 3.98. The molecule has 0 saturated heterocycles. The molecule has 142 valence electrons. The molecule has 5 aliphatic carbocycles. The first-order valence-corrected chi connectivity index (χ1v) is 10.6. The molecule has 0 radical (unpaired) electrons. The third-order valence-corrected chi connectivity index (χ3v) is 6.91. The van der Waals surface area contributed by atoms with Crippen LogP contribution in [-0.4, -0.2) is 32.6 Å². The lowest BCUT2D eigenvalue weighted by Crippen LogP contribution is -2.55. The van der Waals surface area contributed by atoms with Gasteiger partial charge in [-0.1, -0.05) is 0 Å². The molecule has 5 fully saturated rings. The zero-order chi connectivity index (χ0) is 17.7. The number of nitrogens with one attached hydrogen (secondary N) is 3. The summed E-state index contributed by atoms with van der Waals surface area (Å²) < 4.78 is 0. The van der Waals surface area contributed by atoms with E-state index in [1.807, 2.05) is 0 Å². The zero-order valence-corrected chi connectivity index (χ0v) is 16.1. The topological polar surface area (TPSA) is 74.8 Å². The van der Waals surface area contributed by atoms with Crippen molar-refractivity contribution in [2.24, 2.45) is 17.8 Å². The molecular formula is C20H32N6. The normalized spacial score (nSPS) is 35.4. The lowest BCUT2D eigenvalue weighted by atomic mass is 9.53. The Morgan fingerprint density at radius 1 is 0.846 bits per heavy atom. The van der Waals surface area contributed by atoms with Crippen LogP contribution in [0, 0.1) is 17.8 Å². The molecule has 1 aromatic heterocycles. The van der Waals surface area contributed by atoms with Gasteiger partial charge in [-0.15, -0.1) is 0 Å². The summed E-state index contributed by atoms with van der Waals surface area (Å²) >= 11 is 0. The Bertz CT molecular complexity index is 633. The fourth-order valence-electron chi connectivity index (χ4n) is 6.06. The molecule has 5 aliphatic rings. The van der Waals surface area contributed by atoms with E-state index in [1.54, 1.807) is 0 Å². The van der Waals surface area contributed by atoms with Crippen molar-refractivity contribution in [2.75, 3.05) is 16.0 Å². The smallest absolute Gasteiger partial charge is 0.229 e. The molecule has 0 aliphatic heterocycles. The van der Waals surface area contributed by atoms with Crippen molar-refractivity contribution >= 4 is 17.8 Å². The number of aromatic nitrogens is 3. The van der Waals surface area contributed by atoms with Crippen LogP contribution in [0.1, 0.15) is 71.6 Å². The van der Waals surface area contributed by atoms with Crippen LogP contribution in [0.3, 0.4) is 0 Å². The van der Waals surface area contributed by atoms with Gasteiger partial charge >= 0.3 is 0 Å². The maximum absolute atomic E-state index is 4.75. The van der Waals surface area contributed by atoms with E-state index in [0.29, 0.717) is 18.0 Å². The second-order valence-corrected chi connectivity index (χ2v) is 9.70. The molecule has 26 heavy (non-hydrogen) atoms. The number of hydrogen-bond donors (Lipinski definition) is 3. The quantitative estimate of drug-likeness (QED) is 0.714. The zero-order valence-electron chi connectivity index (χ0n) is 16.1. The highest BCUT2D eigenvalue weighted by Crippen LogP contribution is 2.56. The second-order valence-electron chi connectivity index (χ2n) is 9.70. The van der Waals surface area contributed by atoms with Crippen LogP contribution >= 0.6 is 0 Å². The summed E-state index contributed by atoms with van der Waals surface area (Å²) in [6.45, 7) is 4.24. The third kappa shape index (κ3) is 3.23. The summed E-state index contributed by atoms with van der Waals surface area (Å²) in [7, 11) is 0. The minimum atomic E-state index is 0.221. The Morgan fingerprint density at radius 2 is 1.42 bits per heavy atom. The first kappa shape index (κ1) is 16.6. The molecule has 1 heterocycles. The van der Waals surface area contributed by atoms with E-state index in [4.69, 9.17) is 9.97 Å². The molecule has 6 heteroatoms. The van der Waals surface area contributed by atoms with Gasteiger partial charge in [0.15, 0.2) is 0 Å². The van der Waals surface area contributed by atoms with Gasteiger partial charge in [-0.05, 0) is 89.4 Å². The molecule has 4 bridgehead atoms. The highest BCUT2D eigenvalue weighted by molar-refractivity contribution is 5.45. The van der Waals surface area contributed by atoms with Crippen LogP contribution in [0.25, 0.3) is 0 Å². The van der Waals surface area contributed by atoms with E-state index in [1.165, 1.54) is 57.8 Å². The number of nitrogens with zero attached hydrogens (tertiary/aromatic N) is 3. The summed E-state index contributed by atoms with van der Waals surface area (Å²) in [6, 6.07) is 0.832. The van der Waals surface area contributed by atoms with Crippen molar-refractivity contribution in [2.45, 2.75) is 89.3 Å². The molecule has 0 amide bonds. The predicted molar refractivity (Wildman–Crippen MR) is 104 cm³/mol. The van der Waals surface area contributed by atoms with Crippen molar-refractivity contribution in [1.82, 2.24) is 15.0 Å². The average Bonchev–Trinajstić information content (AvgIpc) is 2.48. The van der Waals surface area contributed by atoms with Gasteiger partial charge in [0.2, 0.25) is 17.8 Å². The fraction of sp³-hybridized carbons (Fsp3) is 0.850. The van der Waals surface area contributed by atoms with E-state index in [-0.39, 0.29) is 5.54 Å². The maximum atomic E-state index is 4.75. The molecule has 0 unspecified atom stereocenters. The number of rotatable bonds is 6. The predicted octanol–water partition coefficient (Wildman–Crippen LogP) is 4.04. The van der Waals surface area contributed by atoms with E-state index in [0.717, 1.165) is 29.7 Å². The third-order valence-electron chi connectivity index (χ3n) is 6.91. The monoisotopic (exact) mass is 356 g/mol. The Balaban J connectivity index is 1.39. The van der Waals surface area contributed by atoms with Crippen LogP contribution in [0.2, 0.25) is 0 Å². The molecule has 3 N–H and O–H groups in total. The van der Waals surface area contributed by atoms with Gasteiger partial charge in [0.05, 0.1) is 0 Å². The standard InChI is InChI=1S/C20H32N6/c1-12(2)21-17-23-18(22-16-4-3-5-16)25-19(24-17)26-20-9-13-6-14(10-20)8-15(7-13)11-20/h12-16H,3-11H2,1-2H3,(H3,21,22,23,24,25,26). The van der Waals surface area contributed by atoms with Crippen molar-refractivity contribution in [3.05, 3.63) is 0 Å². The van der Waals surface area contributed by atoms with Gasteiger partial charge in [0, 0.05) is 17.6 Å². The molecule has 1 aromatic rings. The molecule has 0 atom stereocenters. The molecule has 0 spiro atoms. The molecule has 6 rings (SSSR count). The largest absolute Gasteiger partial charge is 0.352 e. The lowest BCUT2D eigenvalue weighted by Gasteiger charge is -2.56. The van der Waals surface area contributed by atoms with Crippen LogP contribution in [0.5, 0.6) is 0 Å². The highest BCUT2D eigenvalue weighted by Gasteiger charge is 2.51. The van der Waals surface area contributed by atoms with Gasteiger partial charge in [0.1, 0.15) is 0 Å². The minimum Gasteiger partial charge on any atom is -0.352 e. The number of hydrogen-bond acceptors (Lipinski definition) is 6. The van der Waals surface area contributed by atoms with Crippen LogP contribution in [-0.2, 0) is 0 Å². The summed E-state index contributed by atoms with van der Waals surface area (Å²) in [5.74, 6) is 4.90. The summed E-state index contributed by atoms with van der Waals surface area (Å²) in [4.78, 5) is 14.1. The second kappa shape index (κ2) is 6.24. The van der Waals surface area contributed by atoms with Gasteiger partial charge in [-0.2, -0.15) is 15.0 Å². The number of anilines is 3. The Labute approximate surface area is 156 Å². The highest BCUT2D eigenvalue weighted by atomic mass is 15.3. The van der Waals surface area contributed by atoms with E-state index >= 15 is 0 Å². The molecule has 0 aromatic carbocycles. The van der Waals surface area contributed by atoms with E-state index in [2.05, 4.69) is 34.8 Å². The minimum absolute atomic E-state index is 0.221. The maximum Gasteiger partial charge on any atom is 0.229 e. The van der Waals surface area contributed by atoms with Gasteiger partial charge in [-0.3, -0.25) is 0 Å². The summed E-state index contributed by atoms with van der Waals surface area (Å²) in [6.07, 6.45) is 12.0. The molecule has 6 nitrogen and oxygen atoms in total. The summed E-state index contributed by atoms with van der Waals surface area (Å²) in [5.41, 5.74) is 0.221. The summed E-state index contributed by atoms with van der Waals surface area (Å²) in [5, 5.41) is 10.7. The lowest BCUT2D eigenvalue weighted by molar-refractivity contribution is 0.0103. The molecule has 5 saturated carbocycles. The first-order valence-electron chi connectivity index (χ1n) is 10.6. The van der Waals surface area contributed by atoms with E-state index in [9.17, 15) is 0 Å². The van der Waals surface area contributed by atoms with Crippen molar-refractivity contribution in [3.8, 4) is 0 Å². The molecular weight excluding hydrogens is 324 g/mol. The average molecular weight is 357 g/mol. The Morgan fingerprint density at radius 3 is 1.96 bits per heavy atom. The van der Waals surface area contributed by atoms with Crippen molar-refractivity contribution in [3.63, 3.8) is 0 Å². The van der Waals surface area contributed by atoms with Crippen molar-refractivity contribution < 1.29 is 0 Å². The van der Waals surface area contributed by atoms with Crippen LogP contribution in [0.4, 0.5) is 17.8 Å². The van der Waals surface area contributed by atoms with Gasteiger partial charge in [0.25, 0.3) is 0 Å². The van der Waals surface area contributed by atoms with Crippen LogP contribution in [0.15, 0.2) is 0 Å².